The molecule has 0 radical (unpaired) electrons. The maximum absolute atomic E-state index is 9.38. The van der Waals surface area contributed by atoms with Crippen LogP contribution in [0.2, 0.25) is 0 Å². The van der Waals surface area contributed by atoms with Gasteiger partial charge < -0.3 is 10.8 Å². The first-order valence-electron chi connectivity index (χ1n) is 5.99. The highest BCUT2D eigenvalue weighted by atomic mass is 16.3. The van der Waals surface area contributed by atoms with Crippen molar-refractivity contribution in [1.82, 2.24) is 0 Å². The van der Waals surface area contributed by atoms with Crippen molar-refractivity contribution in [2.75, 3.05) is 6.61 Å². The first kappa shape index (κ1) is 11.6. The Hall–Kier alpha value is -0.860. The molecule has 2 rings (SSSR count). The zero-order chi connectivity index (χ0) is 11.8. The summed E-state index contributed by atoms with van der Waals surface area (Å²) < 4.78 is 0. The molecule has 0 amide bonds. The highest BCUT2D eigenvalue weighted by Gasteiger charge is 2.34. The number of benzene rings is 1. The van der Waals surface area contributed by atoms with Gasteiger partial charge in [-0.3, -0.25) is 0 Å². The van der Waals surface area contributed by atoms with Gasteiger partial charge in [-0.2, -0.15) is 0 Å². The molecule has 0 aliphatic heterocycles. The number of rotatable bonds is 3. The number of hydrogen-bond donors (Lipinski definition) is 2. The topological polar surface area (TPSA) is 46.2 Å². The third kappa shape index (κ3) is 1.87. The van der Waals surface area contributed by atoms with Crippen LogP contribution in [-0.2, 0) is 11.0 Å². The lowest BCUT2D eigenvalue weighted by atomic mass is 9.71. The van der Waals surface area contributed by atoms with E-state index in [1.165, 1.54) is 17.5 Å². The van der Waals surface area contributed by atoms with Gasteiger partial charge in [0.15, 0.2) is 0 Å². The Morgan fingerprint density at radius 3 is 2.56 bits per heavy atom. The molecule has 0 aromatic heterocycles. The molecule has 0 spiro atoms. The highest BCUT2D eigenvalue weighted by Crippen LogP contribution is 2.39. The van der Waals surface area contributed by atoms with Crippen molar-refractivity contribution in [3.63, 3.8) is 0 Å². The number of hydrogen-bond acceptors (Lipinski definition) is 2. The van der Waals surface area contributed by atoms with Crippen molar-refractivity contribution >= 4 is 0 Å². The van der Waals surface area contributed by atoms with E-state index < -0.39 is 0 Å². The molecule has 1 aromatic rings. The van der Waals surface area contributed by atoms with Gasteiger partial charge in [0.2, 0.25) is 0 Å². The van der Waals surface area contributed by atoms with E-state index in [-0.39, 0.29) is 17.6 Å². The maximum Gasteiger partial charge on any atom is 0.0522 e. The average Bonchev–Trinajstić information content (AvgIpc) is 2.26. The quantitative estimate of drug-likeness (QED) is 0.819. The summed E-state index contributed by atoms with van der Waals surface area (Å²) in [4.78, 5) is 0. The van der Waals surface area contributed by atoms with E-state index >= 15 is 0 Å². The maximum atomic E-state index is 9.38. The fourth-order valence-electron chi connectivity index (χ4n) is 2.19. The van der Waals surface area contributed by atoms with E-state index in [2.05, 4.69) is 38.1 Å². The Labute approximate surface area is 97.5 Å². The molecular formula is C14H21NO. The zero-order valence-electron chi connectivity index (χ0n) is 10.2. The van der Waals surface area contributed by atoms with Crippen molar-refractivity contribution in [1.29, 1.82) is 0 Å². The molecule has 88 valence electrons. The van der Waals surface area contributed by atoms with Crippen molar-refractivity contribution in [2.24, 2.45) is 5.73 Å². The van der Waals surface area contributed by atoms with Crippen molar-refractivity contribution < 1.29 is 5.11 Å². The average molecular weight is 219 g/mol. The van der Waals surface area contributed by atoms with E-state index in [0.29, 0.717) is 0 Å². The number of aliphatic hydroxyl groups excluding tert-OH is 1. The summed E-state index contributed by atoms with van der Waals surface area (Å²) in [6, 6.07) is 8.39. The van der Waals surface area contributed by atoms with Crippen LogP contribution in [0, 0.1) is 0 Å². The van der Waals surface area contributed by atoms with E-state index in [4.69, 9.17) is 5.73 Å². The Morgan fingerprint density at radius 1 is 1.38 bits per heavy atom. The second-order valence-corrected chi connectivity index (χ2v) is 5.63. The largest absolute Gasteiger partial charge is 0.395 e. The Kier molecular flexibility index (Phi) is 2.81. The predicted molar refractivity (Wildman–Crippen MR) is 66.3 cm³/mol. The van der Waals surface area contributed by atoms with E-state index in [1.807, 2.05) is 0 Å². The van der Waals surface area contributed by atoms with Gasteiger partial charge in [0, 0.05) is 11.0 Å². The van der Waals surface area contributed by atoms with Crippen LogP contribution >= 0.6 is 0 Å². The van der Waals surface area contributed by atoms with Crippen LogP contribution < -0.4 is 5.73 Å². The van der Waals surface area contributed by atoms with Crippen LogP contribution in [0.15, 0.2) is 24.3 Å². The van der Waals surface area contributed by atoms with Crippen LogP contribution in [0.1, 0.15) is 44.2 Å². The smallest absolute Gasteiger partial charge is 0.0522 e. The highest BCUT2D eigenvalue weighted by molar-refractivity contribution is 5.34. The molecule has 3 N–H and O–H groups in total. The summed E-state index contributed by atoms with van der Waals surface area (Å²) in [6.07, 6.45) is 3.39. The predicted octanol–water partition coefficient (Wildman–Crippen LogP) is 2.29. The number of nitrogens with two attached hydrogens (primary N) is 1. The second kappa shape index (κ2) is 3.86. The lowest BCUT2D eigenvalue weighted by molar-refractivity contribution is 0.217. The van der Waals surface area contributed by atoms with Crippen LogP contribution in [-0.4, -0.2) is 11.7 Å². The molecule has 16 heavy (non-hydrogen) atoms. The number of aliphatic hydroxyl groups is 1. The van der Waals surface area contributed by atoms with E-state index in [1.54, 1.807) is 0 Å². The minimum atomic E-state index is -0.184. The van der Waals surface area contributed by atoms with Gasteiger partial charge in [-0.15, -0.1) is 0 Å². The molecule has 0 unspecified atom stereocenters. The Morgan fingerprint density at radius 2 is 2.06 bits per heavy atom. The molecule has 0 bridgehead atoms. The van der Waals surface area contributed by atoms with Crippen molar-refractivity contribution in [3.8, 4) is 0 Å². The molecule has 0 atom stereocenters. The van der Waals surface area contributed by atoms with E-state index in [9.17, 15) is 5.11 Å². The molecule has 0 heterocycles. The first-order valence-corrected chi connectivity index (χ1v) is 5.99. The Bertz CT molecular complexity index is 353. The van der Waals surface area contributed by atoms with Crippen LogP contribution in [0.5, 0.6) is 0 Å². The van der Waals surface area contributed by atoms with Gasteiger partial charge in [0.25, 0.3) is 0 Å². The van der Waals surface area contributed by atoms with Crippen molar-refractivity contribution in [3.05, 3.63) is 35.4 Å². The van der Waals surface area contributed by atoms with E-state index in [0.717, 1.165) is 12.8 Å². The summed E-state index contributed by atoms with van der Waals surface area (Å²) in [7, 11) is 0. The lowest BCUT2D eigenvalue weighted by Gasteiger charge is -2.39. The lowest BCUT2D eigenvalue weighted by Crippen LogP contribution is -2.43. The fraction of sp³-hybridized carbons (Fsp3) is 0.571. The SMILES string of the molecule is CC(C)(CO)c1cccc(C2(N)CCC2)c1. The summed E-state index contributed by atoms with van der Waals surface area (Å²) in [6.45, 7) is 4.26. The molecule has 1 saturated carbocycles. The summed E-state index contributed by atoms with van der Waals surface area (Å²) >= 11 is 0. The monoisotopic (exact) mass is 219 g/mol. The summed E-state index contributed by atoms with van der Waals surface area (Å²) in [5.41, 5.74) is 8.41. The zero-order valence-corrected chi connectivity index (χ0v) is 10.2. The standard InChI is InChI=1S/C14H21NO/c1-13(2,10-16)11-5-3-6-12(9-11)14(15)7-4-8-14/h3,5-6,9,16H,4,7-8,10,15H2,1-2H3. The summed E-state index contributed by atoms with van der Waals surface area (Å²) in [5.74, 6) is 0. The van der Waals surface area contributed by atoms with Crippen LogP contribution in [0.3, 0.4) is 0 Å². The molecular weight excluding hydrogens is 198 g/mol. The van der Waals surface area contributed by atoms with Crippen molar-refractivity contribution in [2.45, 2.75) is 44.1 Å². The van der Waals surface area contributed by atoms with Crippen LogP contribution in [0.25, 0.3) is 0 Å². The fourth-order valence-corrected chi connectivity index (χ4v) is 2.19. The van der Waals surface area contributed by atoms with Gasteiger partial charge >= 0.3 is 0 Å². The third-order valence-corrected chi connectivity index (χ3v) is 3.86. The van der Waals surface area contributed by atoms with Crippen LogP contribution in [0.4, 0.5) is 0 Å². The van der Waals surface area contributed by atoms with Gasteiger partial charge in [0.05, 0.1) is 6.61 Å². The Balaban J connectivity index is 2.33. The molecule has 1 aliphatic carbocycles. The molecule has 2 nitrogen and oxygen atoms in total. The minimum absolute atomic E-state index is 0.110. The van der Waals surface area contributed by atoms with Gasteiger partial charge in [-0.1, -0.05) is 38.1 Å². The first-order chi connectivity index (χ1) is 7.48. The minimum Gasteiger partial charge on any atom is -0.395 e. The van der Waals surface area contributed by atoms with Gasteiger partial charge in [0.1, 0.15) is 0 Å². The van der Waals surface area contributed by atoms with Gasteiger partial charge in [-0.25, -0.2) is 0 Å². The molecule has 0 saturated heterocycles. The summed E-state index contributed by atoms with van der Waals surface area (Å²) in [5, 5.41) is 9.38. The normalized spacial score (nSPS) is 19.2. The second-order valence-electron chi connectivity index (χ2n) is 5.63. The van der Waals surface area contributed by atoms with Gasteiger partial charge in [-0.05, 0) is 30.4 Å². The molecule has 1 fully saturated rings. The molecule has 2 heteroatoms. The molecule has 1 aromatic carbocycles. The molecule has 1 aliphatic rings. The third-order valence-electron chi connectivity index (χ3n) is 3.86.